The molecule has 14 heavy (non-hydrogen) atoms. The minimum absolute atomic E-state index is 0.0482. The van der Waals surface area contributed by atoms with Gasteiger partial charge in [-0.15, -0.1) is 6.58 Å². The van der Waals surface area contributed by atoms with Crippen LogP contribution in [-0.4, -0.2) is 36.5 Å². The van der Waals surface area contributed by atoms with Gasteiger partial charge in [0.25, 0.3) is 0 Å². The number of likely N-dealkylation sites (tertiary alicyclic amines) is 1. The van der Waals surface area contributed by atoms with Gasteiger partial charge in [-0.2, -0.15) is 0 Å². The van der Waals surface area contributed by atoms with Gasteiger partial charge in [0.1, 0.15) is 6.04 Å². The van der Waals surface area contributed by atoms with Crippen LogP contribution in [0.15, 0.2) is 12.7 Å². The van der Waals surface area contributed by atoms with Gasteiger partial charge in [0.2, 0.25) is 5.91 Å². The van der Waals surface area contributed by atoms with Crippen LogP contribution in [0.2, 0.25) is 0 Å². The van der Waals surface area contributed by atoms with Crippen molar-refractivity contribution < 1.29 is 14.3 Å². The van der Waals surface area contributed by atoms with Gasteiger partial charge in [-0.05, 0) is 12.8 Å². The summed E-state index contributed by atoms with van der Waals surface area (Å²) in [5.41, 5.74) is 0. The zero-order chi connectivity index (χ0) is 10.6. The number of carbonyl (C=O) groups excluding carboxylic acids is 2. The Morgan fingerprint density at radius 2 is 2.36 bits per heavy atom. The van der Waals surface area contributed by atoms with E-state index in [0.717, 1.165) is 6.42 Å². The standard InChI is InChI=1S/C10H15NO3/c1-3-5-9(12)11-7-4-6-8(11)10(13)14-2/h3,8H,1,4-7H2,2H3. The molecule has 0 spiro atoms. The van der Waals surface area contributed by atoms with Crippen LogP contribution in [0.3, 0.4) is 0 Å². The summed E-state index contributed by atoms with van der Waals surface area (Å²) >= 11 is 0. The average Bonchev–Trinajstić information content (AvgIpc) is 2.65. The smallest absolute Gasteiger partial charge is 0.328 e. The molecule has 1 aliphatic heterocycles. The molecule has 0 saturated carbocycles. The van der Waals surface area contributed by atoms with Gasteiger partial charge in [0.15, 0.2) is 0 Å². The fraction of sp³-hybridized carbons (Fsp3) is 0.600. The number of esters is 1. The molecule has 1 aliphatic rings. The fourth-order valence-electron chi connectivity index (χ4n) is 1.69. The molecule has 4 nitrogen and oxygen atoms in total. The van der Waals surface area contributed by atoms with Gasteiger partial charge >= 0.3 is 5.97 Å². The predicted octanol–water partition coefficient (Wildman–Crippen LogP) is 0.726. The molecule has 0 N–H and O–H groups in total. The molecule has 78 valence electrons. The third-order valence-electron chi connectivity index (χ3n) is 2.37. The molecule has 1 rings (SSSR count). The maximum Gasteiger partial charge on any atom is 0.328 e. The second-order valence-electron chi connectivity index (χ2n) is 3.26. The highest BCUT2D eigenvalue weighted by Gasteiger charge is 2.33. The highest BCUT2D eigenvalue weighted by Crippen LogP contribution is 2.19. The number of methoxy groups -OCH3 is 1. The van der Waals surface area contributed by atoms with Gasteiger partial charge in [-0.25, -0.2) is 4.79 Å². The maximum absolute atomic E-state index is 11.5. The monoisotopic (exact) mass is 197 g/mol. The van der Waals surface area contributed by atoms with Crippen molar-refractivity contribution in [1.82, 2.24) is 4.90 Å². The Kier molecular flexibility index (Phi) is 3.68. The van der Waals surface area contributed by atoms with Crippen molar-refractivity contribution in [3.05, 3.63) is 12.7 Å². The molecule has 1 atom stereocenters. The summed E-state index contributed by atoms with van der Waals surface area (Å²) in [7, 11) is 1.34. The van der Waals surface area contributed by atoms with Crippen molar-refractivity contribution in [2.45, 2.75) is 25.3 Å². The van der Waals surface area contributed by atoms with E-state index in [9.17, 15) is 9.59 Å². The first-order chi connectivity index (χ1) is 6.70. The van der Waals surface area contributed by atoms with Crippen LogP contribution in [0.4, 0.5) is 0 Å². The molecular weight excluding hydrogens is 182 g/mol. The van der Waals surface area contributed by atoms with Crippen LogP contribution in [-0.2, 0) is 14.3 Å². The van der Waals surface area contributed by atoms with Crippen molar-refractivity contribution in [1.29, 1.82) is 0 Å². The van der Waals surface area contributed by atoms with E-state index in [1.807, 2.05) is 0 Å². The lowest BCUT2D eigenvalue weighted by molar-refractivity contribution is -0.150. The van der Waals surface area contributed by atoms with Crippen LogP contribution < -0.4 is 0 Å². The summed E-state index contributed by atoms with van der Waals surface area (Å²) in [5.74, 6) is -0.368. The van der Waals surface area contributed by atoms with Gasteiger partial charge in [-0.1, -0.05) is 6.08 Å². The Hall–Kier alpha value is -1.32. The van der Waals surface area contributed by atoms with E-state index in [4.69, 9.17) is 0 Å². The molecule has 1 fully saturated rings. The van der Waals surface area contributed by atoms with Crippen molar-refractivity contribution in [2.24, 2.45) is 0 Å². The highest BCUT2D eigenvalue weighted by atomic mass is 16.5. The summed E-state index contributed by atoms with van der Waals surface area (Å²) in [5, 5.41) is 0. The summed E-state index contributed by atoms with van der Waals surface area (Å²) in [4.78, 5) is 24.4. The topological polar surface area (TPSA) is 46.6 Å². The Morgan fingerprint density at radius 3 is 2.93 bits per heavy atom. The minimum atomic E-state index is -0.382. The molecule has 1 heterocycles. The number of rotatable bonds is 3. The maximum atomic E-state index is 11.5. The largest absolute Gasteiger partial charge is 0.467 e. The number of carbonyl (C=O) groups is 2. The molecule has 1 amide bonds. The Morgan fingerprint density at radius 1 is 1.64 bits per heavy atom. The third-order valence-corrected chi connectivity index (χ3v) is 2.37. The van der Waals surface area contributed by atoms with Crippen LogP contribution in [0, 0.1) is 0 Å². The molecule has 4 heteroatoms. The fourth-order valence-corrected chi connectivity index (χ4v) is 1.69. The highest BCUT2D eigenvalue weighted by molar-refractivity contribution is 5.85. The van der Waals surface area contributed by atoms with E-state index in [-0.39, 0.29) is 24.3 Å². The molecular formula is C10H15NO3. The van der Waals surface area contributed by atoms with Crippen LogP contribution >= 0.6 is 0 Å². The van der Waals surface area contributed by atoms with Crippen LogP contribution in [0.25, 0.3) is 0 Å². The average molecular weight is 197 g/mol. The molecule has 0 radical (unpaired) electrons. The lowest BCUT2D eigenvalue weighted by Crippen LogP contribution is -2.40. The first-order valence-electron chi connectivity index (χ1n) is 4.69. The van der Waals surface area contributed by atoms with E-state index in [1.54, 1.807) is 11.0 Å². The molecule has 0 aromatic carbocycles. The van der Waals surface area contributed by atoms with Gasteiger partial charge in [0, 0.05) is 13.0 Å². The van der Waals surface area contributed by atoms with E-state index in [0.29, 0.717) is 13.0 Å². The first kappa shape index (κ1) is 10.8. The van der Waals surface area contributed by atoms with Crippen LogP contribution in [0.1, 0.15) is 19.3 Å². The van der Waals surface area contributed by atoms with Crippen molar-refractivity contribution >= 4 is 11.9 Å². The summed E-state index contributed by atoms with van der Waals surface area (Å²) in [6.45, 7) is 4.14. The van der Waals surface area contributed by atoms with Gasteiger partial charge in [-0.3, -0.25) is 4.79 Å². The minimum Gasteiger partial charge on any atom is -0.467 e. The summed E-state index contributed by atoms with van der Waals surface area (Å²) < 4.78 is 4.63. The summed E-state index contributed by atoms with van der Waals surface area (Å²) in [6.07, 6.45) is 3.40. The number of amides is 1. The third kappa shape index (κ3) is 2.13. The molecule has 0 bridgehead atoms. The predicted molar refractivity (Wildman–Crippen MR) is 51.6 cm³/mol. The van der Waals surface area contributed by atoms with Crippen molar-refractivity contribution in [3.63, 3.8) is 0 Å². The van der Waals surface area contributed by atoms with E-state index < -0.39 is 0 Å². The molecule has 0 aliphatic carbocycles. The zero-order valence-electron chi connectivity index (χ0n) is 8.36. The Bertz CT molecular complexity index is 250. The Labute approximate surface area is 83.5 Å². The Balaban J connectivity index is 2.63. The number of nitrogens with zero attached hydrogens (tertiary/aromatic N) is 1. The number of ether oxygens (including phenoxy) is 1. The van der Waals surface area contributed by atoms with E-state index in [2.05, 4.69) is 11.3 Å². The SMILES string of the molecule is C=CCC(=O)N1CCCC1C(=O)OC. The van der Waals surface area contributed by atoms with Crippen LogP contribution in [0.5, 0.6) is 0 Å². The molecule has 0 aromatic heterocycles. The van der Waals surface area contributed by atoms with Crippen molar-refractivity contribution in [3.8, 4) is 0 Å². The zero-order valence-corrected chi connectivity index (χ0v) is 8.36. The normalized spacial score (nSPS) is 20.6. The lowest BCUT2D eigenvalue weighted by Gasteiger charge is -2.21. The van der Waals surface area contributed by atoms with E-state index >= 15 is 0 Å². The first-order valence-corrected chi connectivity index (χ1v) is 4.69. The van der Waals surface area contributed by atoms with Gasteiger partial charge in [0.05, 0.1) is 7.11 Å². The quantitative estimate of drug-likeness (QED) is 0.495. The van der Waals surface area contributed by atoms with E-state index in [1.165, 1.54) is 7.11 Å². The van der Waals surface area contributed by atoms with Crippen molar-refractivity contribution in [2.75, 3.05) is 13.7 Å². The molecule has 1 unspecified atom stereocenters. The second kappa shape index (κ2) is 4.79. The number of hydrogen-bond acceptors (Lipinski definition) is 3. The number of hydrogen-bond donors (Lipinski definition) is 0. The summed E-state index contributed by atoms with van der Waals surface area (Å²) in [6, 6.07) is -0.382. The molecule has 1 saturated heterocycles. The second-order valence-corrected chi connectivity index (χ2v) is 3.26. The molecule has 0 aromatic rings. The lowest BCUT2D eigenvalue weighted by atomic mass is 10.2. The van der Waals surface area contributed by atoms with Gasteiger partial charge < -0.3 is 9.64 Å².